The highest BCUT2D eigenvalue weighted by Gasteiger charge is 2.16. The van der Waals surface area contributed by atoms with Gasteiger partial charge in [-0.05, 0) is 18.2 Å². The van der Waals surface area contributed by atoms with E-state index >= 15 is 0 Å². The lowest BCUT2D eigenvalue weighted by atomic mass is 10.3. The quantitative estimate of drug-likeness (QED) is 0.686. The monoisotopic (exact) mass is 254 g/mol. The molecular weight excluding hydrogens is 242 g/mol. The molecule has 0 atom stereocenters. The van der Waals surface area contributed by atoms with E-state index in [-0.39, 0.29) is 11.4 Å². The number of nitrogens with zero attached hydrogens (tertiary/aromatic N) is 3. The van der Waals surface area contributed by atoms with Crippen LogP contribution < -0.4 is 10.1 Å². The molecule has 3 aromatic rings. The summed E-state index contributed by atoms with van der Waals surface area (Å²) in [4.78, 5) is 16.0. The van der Waals surface area contributed by atoms with Crippen LogP contribution in [0.4, 0.5) is 0 Å². The maximum Gasteiger partial charge on any atom is 0.346 e. The lowest BCUT2D eigenvalue weighted by Gasteiger charge is -2.05. The number of hydrogen-bond acceptors (Lipinski definition) is 3. The fourth-order valence-electron chi connectivity index (χ4n) is 2.03. The van der Waals surface area contributed by atoms with E-state index in [9.17, 15) is 9.90 Å². The maximum atomic E-state index is 11.8. The number of aromatic nitrogens is 3. The van der Waals surface area contributed by atoms with Gasteiger partial charge in [0.05, 0.1) is 11.9 Å². The number of rotatable bonds is 2. The van der Waals surface area contributed by atoms with Gasteiger partial charge in [-0.2, -0.15) is 8.97 Å². The smallest absolute Gasteiger partial charge is 0.346 e. The van der Waals surface area contributed by atoms with Gasteiger partial charge in [0, 0.05) is 12.3 Å². The Kier molecular flexibility index (Phi) is 2.72. The highest BCUT2D eigenvalue weighted by molar-refractivity contribution is 5.32. The second-order valence-corrected chi connectivity index (χ2v) is 4.18. The van der Waals surface area contributed by atoms with Crippen molar-refractivity contribution in [2.24, 2.45) is 0 Å². The van der Waals surface area contributed by atoms with Crippen molar-refractivity contribution in [3.63, 3.8) is 0 Å². The molecule has 3 aromatic heterocycles. The Labute approximate surface area is 109 Å². The molecular formula is C14H12N3O2+. The summed E-state index contributed by atoms with van der Waals surface area (Å²) in [7, 11) is 0. The topological polar surface area (TPSA) is 58.5 Å². The Bertz CT molecular complexity index is 782. The van der Waals surface area contributed by atoms with Crippen LogP contribution in [0.3, 0.4) is 0 Å². The van der Waals surface area contributed by atoms with Crippen molar-refractivity contribution in [2.75, 3.05) is 0 Å². The lowest BCUT2D eigenvalue weighted by molar-refractivity contribution is -0.672. The van der Waals surface area contributed by atoms with Gasteiger partial charge in [-0.25, -0.2) is 4.79 Å². The summed E-state index contributed by atoms with van der Waals surface area (Å²) >= 11 is 0. The molecule has 1 N–H and O–H groups in total. The molecule has 0 aliphatic carbocycles. The Balaban J connectivity index is 2.21. The van der Waals surface area contributed by atoms with E-state index in [1.807, 2.05) is 24.3 Å². The van der Waals surface area contributed by atoms with E-state index in [1.165, 1.54) is 10.5 Å². The van der Waals surface area contributed by atoms with Gasteiger partial charge >= 0.3 is 5.56 Å². The minimum Gasteiger partial charge on any atom is -0.478 e. The summed E-state index contributed by atoms with van der Waals surface area (Å²) in [5.41, 5.74) is 1.18. The second-order valence-electron chi connectivity index (χ2n) is 4.18. The van der Waals surface area contributed by atoms with E-state index in [0.29, 0.717) is 12.2 Å². The van der Waals surface area contributed by atoms with Crippen LogP contribution in [-0.4, -0.2) is 14.5 Å². The third-order valence-electron chi connectivity index (χ3n) is 2.93. The van der Waals surface area contributed by atoms with Crippen LogP contribution in [0.1, 0.15) is 5.69 Å². The van der Waals surface area contributed by atoms with Crippen LogP contribution in [-0.2, 0) is 6.54 Å². The molecule has 0 spiro atoms. The summed E-state index contributed by atoms with van der Waals surface area (Å²) in [6.07, 6.45) is 3.37. The van der Waals surface area contributed by atoms with Gasteiger partial charge in [-0.1, -0.05) is 12.1 Å². The molecule has 0 aromatic carbocycles. The highest BCUT2D eigenvalue weighted by Crippen LogP contribution is 2.03. The molecule has 5 heteroatoms. The van der Waals surface area contributed by atoms with Crippen LogP contribution >= 0.6 is 0 Å². The fourth-order valence-corrected chi connectivity index (χ4v) is 2.03. The molecule has 19 heavy (non-hydrogen) atoms. The van der Waals surface area contributed by atoms with Crippen molar-refractivity contribution in [3.8, 4) is 5.88 Å². The van der Waals surface area contributed by atoms with Crippen molar-refractivity contribution in [1.29, 1.82) is 0 Å². The Morgan fingerprint density at radius 1 is 1.21 bits per heavy atom. The molecule has 0 radical (unpaired) electrons. The van der Waals surface area contributed by atoms with Crippen LogP contribution in [0.2, 0.25) is 0 Å². The lowest BCUT2D eigenvalue weighted by Crippen LogP contribution is -2.40. The summed E-state index contributed by atoms with van der Waals surface area (Å²) in [5, 5.41) is 9.97. The van der Waals surface area contributed by atoms with Gasteiger partial charge in [0.15, 0.2) is 0 Å². The van der Waals surface area contributed by atoms with E-state index in [1.54, 1.807) is 29.1 Å². The Hall–Kier alpha value is -2.69. The molecule has 94 valence electrons. The number of aromatic hydroxyl groups is 1. The SMILES string of the molecule is O=c1cc(O)[n+](Cc2ccccn2)c2ccccn12. The molecule has 5 nitrogen and oxygen atoms in total. The molecule has 0 unspecified atom stereocenters. The van der Waals surface area contributed by atoms with E-state index in [0.717, 1.165) is 5.69 Å². The van der Waals surface area contributed by atoms with E-state index < -0.39 is 0 Å². The summed E-state index contributed by atoms with van der Waals surface area (Å²) < 4.78 is 3.13. The average molecular weight is 254 g/mol. The molecule has 0 aliphatic heterocycles. The van der Waals surface area contributed by atoms with Gasteiger partial charge in [0.1, 0.15) is 12.6 Å². The number of pyridine rings is 2. The minimum atomic E-state index is -0.259. The zero-order valence-electron chi connectivity index (χ0n) is 10.1. The average Bonchev–Trinajstić information content (AvgIpc) is 2.45. The molecule has 0 aliphatic rings. The van der Waals surface area contributed by atoms with Crippen molar-refractivity contribution in [3.05, 3.63) is 70.9 Å². The molecule has 0 saturated carbocycles. The second kappa shape index (κ2) is 4.53. The van der Waals surface area contributed by atoms with Crippen molar-refractivity contribution in [2.45, 2.75) is 6.54 Å². The number of hydrogen-bond donors (Lipinski definition) is 1. The standard InChI is InChI=1S/C14H11N3O2/c18-13-9-14(19)17(10-11-5-1-3-7-15-11)12-6-2-4-8-16(12)13/h1-9H,10H2/p+1. The Morgan fingerprint density at radius 3 is 2.84 bits per heavy atom. The van der Waals surface area contributed by atoms with E-state index in [4.69, 9.17) is 0 Å². The zero-order chi connectivity index (χ0) is 13.2. The van der Waals surface area contributed by atoms with Crippen LogP contribution in [0.25, 0.3) is 5.65 Å². The maximum absolute atomic E-state index is 11.8. The number of fused-ring (bicyclic) bond motifs is 1. The fraction of sp³-hybridized carbons (Fsp3) is 0.0714. The predicted molar refractivity (Wildman–Crippen MR) is 68.9 cm³/mol. The Morgan fingerprint density at radius 2 is 2.05 bits per heavy atom. The first-order valence-electron chi connectivity index (χ1n) is 5.89. The zero-order valence-corrected chi connectivity index (χ0v) is 10.1. The molecule has 0 saturated heterocycles. The minimum absolute atomic E-state index is 0.0677. The third-order valence-corrected chi connectivity index (χ3v) is 2.93. The summed E-state index contributed by atoms with van der Waals surface area (Å²) in [6.45, 7) is 0.403. The van der Waals surface area contributed by atoms with Gasteiger partial charge in [-0.3, -0.25) is 4.98 Å². The molecule has 3 heterocycles. The predicted octanol–water partition coefficient (Wildman–Crippen LogP) is 0.736. The molecule has 0 fully saturated rings. The largest absolute Gasteiger partial charge is 0.478 e. The van der Waals surface area contributed by atoms with Crippen LogP contribution in [0.15, 0.2) is 59.7 Å². The van der Waals surface area contributed by atoms with E-state index in [2.05, 4.69) is 4.98 Å². The van der Waals surface area contributed by atoms with Crippen molar-refractivity contribution < 1.29 is 9.67 Å². The molecule has 3 rings (SSSR count). The first-order valence-corrected chi connectivity index (χ1v) is 5.89. The molecule has 0 amide bonds. The summed E-state index contributed by atoms with van der Waals surface area (Å²) in [5.74, 6) is -0.0677. The van der Waals surface area contributed by atoms with Crippen LogP contribution in [0, 0.1) is 0 Å². The normalized spacial score (nSPS) is 10.7. The van der Waals surface area contributed by atoms with Gasteiger partial charge in [-0.15, -0.1) is 0 Å². The van der Waals surface area contributed by atoms with Gasteiger partial charge < -0.3 is 5.11 Å². The van der Waals surface area contributed by atoms with Crippen LogP contribution in [0.5, 0.6) is 5.88 Å². The molecule has 0 bridgehead atoms. The first kappa shape index (κ1) is 11.4. The van der Waals surface area contributed by atoms with Gasteiger partial charge in [0.2, 0.25) is 0 Å². The van der Waals surface area contributed by atoms with Crippen molar-refractivity contribution in [1.82, 2.24) is 9.38 Å². The first-order chi connectivity index (χ1) is 9.25. The van der Waals surface area contributed by atoms with Crippen molar-refractivity contribution >= 4 is 5.65 Å². The highest BCUT2D eigenvalue weighted by atomic mass is 16.3. The third kappa shape index (κ3) is 2.06. The summed E-state index contributed by atoms with van der Waals surface area (Å²) in [6, 6.07) is 12.2. The van der Waals surface area contributed by atoms with Gasteiger partial charge in [0.25, 0.3) is 11.5 Å².